The maximum Gasteiger partial charge on any atom is 0.263 e. The lowest BCUT2D eigenvalue weighted by atomic mass is 10.1. The topological polar surface area (TPSA) is 73.1 Å². The zero-order valence-corrected chi connectivity index (χ0v) is 11.6. The van der Waals surface area contributed by atoms with E-state index >= 15 is 0 Å². The van der Waals surface area contributed by atoms with Crippen molar-refractivity contribution in [3.8, 4) is 6.07 Å². The van der Waals surface area contributed by atoms with Gasteiger partial charge in [-0.15, -0.1) is 11.3 Å². The smallest absolute Gasteiger partial charge is 0.263 e. The quantitative estimate of drug-likeness (QED) is 0.882. The van der Waals surface area contributed by atoms with Crippen LogP contribution in [0.1, 0.15) is 20.8 Å². The fourth-order valence-electron chi connectivity index (χ4n) is 1.88. The molecular weight excluding hydrogens is 272 g/mol. The molecule has 0 fully saturated rings. The fourth-order valence-corrected chi connectivity index (χ4v) is 2.63. The van der Waals surface area contributed by atoms with Crippen LogP contribution in [0.2, 0.25) is 0 Å². The normalized spacial score (nSPS) is 11.6. The number of carbonyl (C=O) groups is 1. The lowest BCUT2D eigenvalue weighted by Gasteiger charge is -2.16. The summed E-state index contributed by atoms with van der Waals surface area (Å²) in [5.74, 6) is -0.313. The Kier molecular flexibility index (Phi) is 4.88. The molecule has 0 saturated carbocycles. The number of nitriles is 1. The Labute approximate surface area is 121 Å². The molecule has 1 aromatic heterocycles. The number of carbonyl (C=O) groups excluding carboxylic acids is 1. The summed E-state index contributed by atoms with van der Waals surface area (Å²) < 4.78 is 0. The Bertz CT molecular complexity index is 616. The summed E-state index contributed by atoms with van der Waals surface area (Å²) in [6.07, 6.45) is 0.552. The van der Waals surface area contributed by atoms with E-state index in [-0.39, 0.29) is 18.6 Å². The first-order valence-corrected chi connectivity index (χ1v) is 7.05. The minimum absolute atomic E-state index is 0.145. The minimum atomic E-state index is -0.362. The number of thiophene rings is 1. The predicted molar refractivity (Wildman–Crippen MR) is 77.5 cm³/mol. The second-order valence-electron chi connectivity index (χ2n) is 4.32. The molecule has 0 bridgehead atoms. The summed E-state index contributed by atoms with van der Waals surface area (Å²) in [7, 11) is 0. The van der Waals surface area contributed by atoms with Gasteiger partial charge >= 0.3 is 0 Å². The molecule has 2 rings (SSSR count). The molecule has 4 nitrogen and oxygen atoms in total. The van der Waals surface area contributed by atoms with Gasteiger partial charge in [-0.25, -0.2) is 0 Å². The monoisotopic (exact) mass is 286 g/mol. The molecule has 0 aliphatic carbocycles. The predicted octanol–water partition coefficient (Wildman–Crippen LogP) is 1.95. The van der Waals surface area contributed by atoms with E-state index in [1.807, 2.05) is 36.4 Å². The number of aliphatic hydroxyl groups excluding tert-OH is 1. The lowest BCUT2D eigenvalue weighted by Crippen LogP contribution is -2.39. The molecule has 1 heterocycles. The van der Waals surface area contributed by atoms with Gasteiger partial charge in [0.05, 0.1) is 18.2 Å². The number of hydrogen-bond donors (Lipinski definition) is 2. The van der Waals surface area contributed by atoms with Gasteiger partial charge in [0.2, 0.25) is 0 Å². The van der Waals surface area contributed by atoms with E-state index in [1.165, 1.54) is 11.3 Å². The Hall–Kier alpha value is -2.16. The number of rotatable bonds is 5. The van der Waals surface area contributed by atoms with E-state index < -0.39 is 0 Å². The van der Waals surface area contributed by atoms with Crippen molar-refractivity contribution in [2.75, 3.05) is 6.61 Å². The first-order valence-electron chi connectivity index (χ1n) is 6.18. The van der Waals surface area contributed by atoms with E-state index in [9.17, 15) is 9.90 Å². The average molecular weight is 286 g/mol. The van der Waals surface area contributed by atoms with Crippen molar-refractivity contribution in [2.24, 2.45) is 0 Å². The standard InChI is InChI=1S/C15H14N2O2S/c16-9-12-6-7-20-14(12)15(19)17-13(10-18)8-11-4-2-1-3-5-11/h1-7,13,18H,8,10H2,(H,17,19)/t13-/m1/s1. The third kappa shape index (κ3) is 3.44. The summed E-state index contributed by atoms with van der Waals surface area (Å²) in [4.78, 5) is 12.5. The zero-order chi connectivity index (χ0) is 14.4. The van der Waals surface area contributed by atoms with E-state index in [4.69, 9.17) is 5.26 Å². The van der Waals surface area contributed by atoms with Crippen LogP contribution in [0.15, 0.2) is 41.8 Å². The summed E-state index contributed by atoms with van der Waals surface area (Å²) in [6, 6.07) is 12.9. The first kappa shape index (κ1) is 14.3. The molecule has 0 radical (unpaired) electrons. The van der Waals surface area contributed by atoms with E-state index in [1.54, 1.807) is 11.4 Å². The number of nitrogens with zero attached hydrogens (tertiary/aromatic N) is 1. The molecule has 0 aliphatic rings. The van der Waals surface area contributed by atoms with Gasteiger partial charge in [-0.2, -0.15) is 5.26 Å². The number of aliphatic hydroxyl groups is 1. The molecule has 0 saturated heterocycles. The lowest BCUT2D eigenvalue weighted by molar-refractivity contribution is 0.0920. The fraction of sp³-hybridized carbons (Fsp3) is 0.200. The third-order valence-corrected chi connectivity index (χ3v) is 3.79. The maximum absolute atomic E-state index is 12.1. The highest BCUT2D eigenvalue weighted by atomic mass is 32.1. The Morgan fingerprint density at radius 3 is 2.75 bits per heavy atom. The zero-order valence-electron chi connectivity index (χ0n) is 10.7. The van der Waals surface area contributed by atoms with Crippen molar-refractivity contribution >= 4 is 17.2 Å². The van der Waals surface area contributed by atoms with E-state index in [2.05, 4.69) is 5.32 Å². The highest BCUT2D eigenvalue weighted by Gasteiger charge is 2.17. The molecule has 20 heavy (non-hydrogen) atoms. The summed E-state index contributed by atoms with van der Waals surface area (Å²) in [5.41, 5.74) is 1.41. The van der Waals surface area contributed by atoms with Crippen LogP contribution in [0.5, 0.6) is 0 Å². The van der Waals surface area contributed by atoms with Crippen LogP contribution in [0.3, 0.4) is 0 Å². The van der Waals surface area contributed by atoms with Crippen LogP contribution in [-0.2, 0) is 6.42 Å². The van der Waals surface area contributed by atoms with Gasteiger partial charge in [-0.3, -0.25) is 4.79 Å². The number of nitrogens with one attached hydrogen (secondary N) is 1. The molecule has 1 amide bonds. The molecule has 1 atom stereocenters. The molecular formula is C15H14N2O2S. The molecule has 0 unspecified atom stereocenters. The van der Waals surface area contributed by atoms with Crippen molar-refractivity contribution in [1.29, 1.82) is 5.26 Å². The van der Waals surface area contributed by atoms with E-state index in [0.29, 0.717) is 16.9 Å². The average Bonchev–Trinajstić information content (AvgIpc) is 2.96. The summed E-state index contributed by atoms with van der Waals surface area (Å²) >= 11 is 1.22. The molecule has 1 aromatic carbocycles. The van der Waals surface area contributed by atoms with Gasteiger partial charge in [-0.1, -0.05) is 30.3 Å². The van der Waals surface area contributed by atoms with Gasteiger partial charge < -0.3 is 10.4 Å². The Morgan fingerprint density at radius 1 is 1.35 bits per heavy atom. The molecule has 5 heteroatoms. The molecule has 2 aromatic rings. The van der Waals surface area contributed by atoms with Crippen LogP contribution in [0, 0.1) is 11.3 Å². The SMILES string of the molecule is N#Cc1ccsc1C(=O)N[C@@H](CO)Cc1ccccc1. The largest absolute Gasteiger partial charge is 0.394 e. The first-order chi connectivity index (χ1) is 9.74. The molecule has 0 spiro atoms. The summed E-state index contributed by atoms with van der Waals surface area (Å²) in [5, 5.41) is 22.8. The highest BCUT2D eigenvalue weighted by Crippen LogP contribution is 2.16. The second-order valence-corrected chi connectivity index (χ2v) is 5.23. The molecule has 102 valence electrons. The van der Waals surface area contributed by atoms with Gasteiger partial charge in [0, 0.05) is 0 Å². The van der Waals surface area contributed by atoms with Crippen LogP contribution in [0.4, 0.5) is 0 Å². The van der Waals surface area contributed by atoms with Crippen molar-refractivity contribution in [3.63, 3.8) is 0 Å². The minimum Gasteiger partial charge on any atom is -0.394 e. The van der Waals surface area contributed by atoms with Gasteiger partial charge in [0.1, 0.15) is 10.9 Å². The van der Waals surface area contributed by atoms with Crippen LogP contribution in [0.25, 0.3) is 0 Å². The van der Waals surface area contributed by atoms with Gasteiger partial charge in [0.15, 0.2) is 0 Å². The van der Waals surface area contributed by atoms with Crippen molar-refractivity contribution < 1.29 is 9.90 Å². The second kappa shape index (κ2) is 6.85. The van der Waals surface area contributed by atoms with Gasteiger partial charge in [0.25, 0.3) is 5.91 Å². The van der Waals surface area contributed by atoms with Crippen LogP contribution < -0.4 is 5.32 Å². The Balaban J connectivity index is 2.04. The third-order valence-electron chi connectivity index (χ3n) is 2.87. The molecule has 2 N–H and O–H groups in total. The Morgan fingerprint density at radius 2 is 2.10 bits per heavy atom. The summed E-state index contributed by atoms with van der Waals surface area (Å²) in [6.45, 7) is -0.145. The van der Waals surface area contributed by atoms with Crippen molar-refractivity contribution in [3.05, 3.63) is 57.8 Å². The number of amides is 1. The van der Waals surface area contributed by atoms with Crippen molar-refractivity contribution in [1.82, 2.24) is 5.32 Å². The number of benzene rings is 1. The maximum atomic E-state index is 12.1. The van der Waals surface area contributed by atoms with Gasteiger partial charge in [-0.05, 0) is 23.4 Å². The van der Waals surface area contributed by atoms with E-state index in [0.717, 1.165) is 5.56 Å². The van der Waals surface area contributed by atoms with Crippen LogP contribution >= 0.6 is 11.3 Å². The van der Waals surface area contributed by atoms with Crippen LogP contribution in [-0.4, -0.2) is 23.7 Å². The van der Waals surface area contributed by atoms with Crippen molar-refractivity contribution in [2.45, 2.75) is 12.5 Å². The number of hydrogen-bond acceptors (Lipinski definition) is 4. The molecule has 0 aliphatic heterocycles. The highest BCUT2D eigenvalue weighted by molar-refractivity contribution is 7.12.